The number of aliphatic hydroxyl groups excluding tert-OH is 1. The predicted molar refractivity (Wildman–Crippen MR) is 143 cm³/mol. The smallest absolute Gasteiger partial charge is 0.139 e. The highest BCUT2D eigenvalue weighted by molar-refractivity contribution is 5.92. The van der Waals surface area contributed by atoms with Gasteiger partial charge in [-0.3, -0.25) is 4.57 Å². The molecule has 1 aliphatic rings. The Bertz CT molecular complexity index is 1310. The molecule has 1 aliphatic heterocycles. The van der Waals surface area contributed by atoms with Crippen LogP contribution in [0.4, 0.5) is 5.69 Å². The number of nitrogens with zero attached hydrogens (tertiary/aromatic N) is 5. The number of para-hydroxylation sites is 1. The summed E-state index contributed by atoms with van der Waals surface area (Å²) in [5.41, 5.74) is 3.98. The van der Waals surface area contributed by atoms with Crippen LogP contribution in [-0.2, 0) is 4.74 Å². The van der Waals surface area contributed by atoms with Crippen molar-refractivity contribution in [2.45, 2.75) is 18.9 Å². The summed E-state index contributed by atoms with van der Waals surface area (Å²) in [6, 6.07) is 16.5. The molecule has 0 amide bonds. The summed E-state index contributed by atoms with van der Waals surface area (Å²) < 4.78 is 12.8. The van der Waals surface area contributed by atoms with E-state index >= 15 is 0 Å². The fourth-order valence-corrected chi connectivity index (χ4v) is 5.07. The molecule has 4 aromatic rings. The van der Waals surface area contributed by atoms with Crippen LogP contribution in [0, 0.1) is 5.92 Å². The van der Waals surface area contributed by atoms with E-state index in [1.54, 1.807) is 7.11 Å². The summed E-state index contributed by atoms with van der Waals surface area (Å²) in [5.74, 6) is 1.95. The number of aliphatic hydroxyl groups is 1. The molecule has 0 saturated carbocycles. The van der Waals surface area contributed by atoms with Gasteiger partial charge in [0.2, 0.25) is 0 Å². The highest BCUT2D eigenvalue weighted by Crippen LogP contribution is 2.31. The van der Waals surface area contributed by atoms with Gasteiger partial charge in [-0.15, -0.1) is 0 Å². The van der Waals surface area contributed by atoms with Gasteiger partial charge in [0.1, 0.15) is 24.5 Å². The molecule has 1 fully saturated rings. The molecule has 0 aliphatic carbocycles. The van der Waals surface area contributed by atoms with Crippen molar-refractivity contribution < 1.29 is 14.6 Å². The Balaban J connectivity index is 1.39. The fraction of sp³-hybridized carbons (Fsp3) is 0.429. The number of piperidine rings is 1. The van der Waals surface area contributed by atoms with Crippen molar-refractivity contribution in [1.29, 1.82) is 0 Å². The van der Waals surface area contributed by atoms with E-state index in [1.165, 1.54) is 0 Å². The molecule has 36 heavy (non-hydrogen) atoms. The van der Waals surface area contributed by atoms with Crippen molar-refractivity contribution in [3.63, 3.8) is 0 Å². The zero-order chi connectivity index (χ0) is 25.1. The van der Waals surface area contributed by atoms with Gasteiger partial charge in [-0.2, -0.15) is 0 Å². The summed E-state index contributed by atoms with van der Waals surface area (Å²) in [5, 5.41) is 11.7. The zero-order valence-corrected chi connectivity index (χ0v) is 21.3. The summed E-state index contributed by atoms with van der Waals surface area (Å²) in [7, 11) is 5.68. The number of hydrogen-bond acceptors (Lipinski definition) is 7. The van der Waals surface area contributed by atoms with Crippen molar-refractivity contribution >= 4 is 27.6 Å². The van der Waals surface area contributed by atoms with Gasteiger partial charge in [0.05, 0.1) is 34.9 Å². The van der Waals surface area contributed by atoms with E-state index in [2.05, 4.69) is 39.0 Å². The van der Waals surface area contributed by atoms with E-state index in [0.717, 1.165) is 65.1 Å². The van der Waals surface area contributed by atoms with E-state index in [9.17, 15) is 5.11 Å². The first-order valence-electron chi connectivity index (χ1n) is 12.6. The number of fused-ring (bicyclic) bond motifs is 2. The van der Waals surface area contributed by atoms with E-state index in [1.807, 2.05) is 49.3 Å². The molecule has 1 atom stereocenters. The molecule has 0 radical (unpaired) electrons. The van der Waals surface area contributed by atoms with Gasteiger partial charge in [0.25, 0.3) is 0 Å². The average Bonchev–Trinajstić information content (AvgIpc) is 3.31. The first-order chi connectivity index (χ1) is 17.5. The highest BCUT2D eigenvalue weighted by atomic mass is 16.5. The van der Waals surface area contributed by atoms with Gasteiger partial charge in [-0.1, -0.05) is 12.1 Å². The third-order valence-corrected chi connectivity index (χ3v) is 6.98. The van der Waals surface area contributed by atoms with Crippen molar-refractivity contribution in [3.05, 3.63) is 54.9 Å². The molecule has 1 N–H and O–H groups in total. The number of methoxy groups -OCH3 is 1. The largest absolute Gasteiger partial charge is 0.491 e. The Morgan fingerprint density at radius 3 is 2.69 bits per heavy atom. The first-order valence-corrected chi connectivity index (χ1v) is 12.6. The number of imidazole rings is 1. The average molecular weight is 490 g/mol. The minimum atomic E-state index is -0.278. The number of pyridine rings is 1. The molecular weight excluding hydrogens is 454 g/mol. The lowest BCUT2D eigenvalue weighted by Gasteiger charge is -2.36. The molecule has 3 heterocycles. The molecular formula is C28H35N5O3. The minimum absolute atomic E-state index is 0.278. The molecule has 0 bridgehead atoms. The maximum Gasteiger partial charge on any atom is 0.139 e. The van der Waals surface area contributed by atoms with E-state index in [0.29, 0.717) is 25.7 Å². The third-order valence-electron chi connectivity index (χ3n) is 6.98. The summed E-state index contributed by atoms with van der Waals surface area (Å²) in [4.78, 5) is 14.2. The Morgan fingerprint density at radius 1 is 1.08 bits per heavy atom. The van der Waals surface area contributed by atoms with Gasteiger partial charge < -0.3 is 24.4 Å². The molecule has 5 rings (SSSR count). The molecule has 2 aromatic carbocycles. The number of ether oxygens (including phenoxy) is 2. The van der Waals surface area contributed by atoms with Crippen LogP contribution in [0.15, 0.2) is 54.9 Å². The van der Waals surface area contributed by atoms with Gasteiger partial charge >= 0.3 is 0 Å². The van der Waals surface area contributed by atoms with Crippen molar-refractivity contribution in [1.82, 2.24) is 19.4 Å². The maximum atomic E-state index is 10.6. The Hall–Kier alpha value is -3.20. The molecule has 1 saturated heterocycles. The highest BCUT2D eigenvalue weighted by Gasteiger charge is 2.26. The lowest BCUT2D eigenvalue weighted by Crippen LogP contribution is -2.41. The minimum Gasteiger partial charge on any atom is -0.491 e. The van der Waals surface area contributed by atoms with Crippen LogP contribution < -0.4 is 9.64 Å². The second-order valence-electron chi connectivity index (χ2n) is 9.78. The van der Waals surface area contributed by atoms with Gasteiger partial charge in [0, 0.05) is 38.2 Å². The van der Waals surface area contributed by atoms with Crippen LogP contribution in [0.3, 0.4) is 0 Å². The van der Waals surface area contributed by atoms with Crippen LogP contribution in [0.5, 0.6) is 5.75 Å². The van der Waals surface area contributed by atoms with Gasteiger partial charge in [0.15, 0.2) is 0 Å². The Morgan fingerprint density at radius 2 is 1.92 bits per heavy atom. The lowest BCUT2D eigenvalue weighted by molar-refractivity contribution is 0.0677. The number of aromatic nitrogens is 3. The van der Waals surface area contributed by atoms with Crippen molar-refractivity contribution in [2.24, 2.45) is 5.92 Å². The first kappa shape index (κ1) is 24.5. The number of hydrogen-bond donors (Lipinski definition) is 1. The quantitative estimate of drug-likeness (QED) is 0.359. The van der Waals surface area contributed by atoms with Crippen LogP contribution in [-0.4, -0.2) is 84.7 Å². The number of benzene rings is 2. The predicted octanol–water partition coefficient (Wildman–Crippen LogP) is 3.74. The zero-order valence-electron chi connectivity index (χ0n) is 21.3. The summed E-state index contributed by atoms with van der Waals surface area (Å²) >= 11 is 0. The molecule has 190 valence electrons. The lowest BCUT2D eigenvalue weighted by atomic mass is 9.90. The van der Waals surface area contributed by atoms with Crippen molar-refractivity contribution in [2.75, 3.05) is 59.0 Å². The van der Waals surface area contributed by atoms with E-state index in [-0.39, 0.29) is 6.10 Å². The number of anilines is 1. The van der Waals surface area contributed by atoms with Crippen LogP contribution in [0.25, 0.3) is 27.8 Å². The number of rotatable bonds is 9. The summed E-state index contributed by atoms with van der Waals surface area (Å²) in [6.45, 7) is 3.59. The molecule has 8 nitrogen and oxygen atoms in total. The fourth-order valence-electron chi connectivity index (χ4n) is 5.07. The van der Waals surface area contributed by atoms with Crippen LogP contribution >= 0.6 is 0 Å². The normalized spacial score (nSPS) is 15.8. The van der Waals surface area contributed by atoms with Gasteiger partial charge in [-0.25, -0.2) is 9.97 Å². The van der Waals surface area contributed by atoms with Crippen LogP contribution in [0.1, 0.15) is 12.8 Å². The molecule has 8 heteroatoms. The molecule has 1 unspecified atom stereocenters. The number of likely N-dealkylation sites (N-methyl/N-ethyl adjacent to an activating group) is 1. The van der Waals surface area contributed by atoms with Gasteiger partial charge in [-0.05, 0) is 63.2 Å². The second kappa shape index (κ2) is 10.8. The monoisotopic (exact) mass is 489 g/mol. The molecule has 0 spiro atoms. The third kappa shape index (κ3) is 5.16. The topological polar surface area (TPSA) is 75.9 Å². The van der Waals surface area contributed by atoms with E-state index in [4.69, 9.17) is 14.5 Å². The van der Waals surface area contributed by atoms with Crippen molar-refractivity contribution in [3.8, 4) is 11.6 Å². The van der Waals surface area contributed by atoms with Crippen LogP contribution in [0.2, 0.25) is 0 Å². The standard InChI is InChI=1S/C28H35N5O3/c1-31(2)18-26(34)20-11-13-32(14-12-20)25-6-4-5-21-7-10-27(30-28(21)25)33-19-29-23-17-22(8-9-24(23)33)36-16-15-35-3/h4-10,17,19-20,26,34H,11-16,18H2,1-3H3. The SMILES string of the molecule is COCCOc1ccc2c(c1)ncn2-c1ccc2cccc(N3CCC(C(O)CN(C)C)CC3)c2n1. The Labute approximate surface area is 212 Å². The van der Waals surface area contributed by atoms with E-state index < -0.39 is 0 Å². The molecule has 2 aromatic heterocycles. The second-order valence-corrected chi connectivity index (χ2v) is 9.78. The Kier molecular flexibility index (Phi) is 7.36. The maximum absolute atomic E-state index is 10.6. The summed E-state index contributed by atoms with van der Waals surface area (Å²) in [6.07, 6.45) is 3.50.